The van der Waals surface area contributed by atoms with Gasteiger partial charge in [-0.2, -0.15) is 0 Å². The molecule has 2 N–H and O–H groups in total. The Morgan fingerprint density at radius 2 is 2.00 bits per heavy atom. The Morgan fingerprint density at radius 1 is 1.28 bits per heavy atom. The minimum absolute atomic E-state index is 0.594. The van der Waals surface area contributed by atoms with Gasteiger partial charge in [-0.15, -0.1) is 0 Å². The van der Waals surface area contributed by atoms with Crippen molar-refractivity contribution in [3.05, 3.63) is 22.2 Å². The number of likely N-dealkylation sites (tertiary alicyclic amines) is 1. The van der Waals surface area contributed by atoms with E-state index in [2.05, 4.69) is 43.4 Å². The number of likely N-dealkylation sites (N-methyl/N-ethyl adjacent to an activating group) is 1. The summed E-state index contributed by atoms with van der Waals surface area (Å²) >= 11 is 3.59. The number of rotatable bonds is 7. The van der Waals surface area contributed by atoms with E-state index >= 15 is 0 Å². The molecular formula is C18H29BrN4O2. The van der Waals surface area contributed by atoms with Gasteiger partial charge in [0.25, 0.3) is 0 Å². The standard InChI is InChI=1S/C18H29BrN4O2/c1-5-23-8-6-7-14(23)12-22-18(20-2)21-11-13-9-16(24-3)17(25-4)10-15(13)19/h9-10,14H,5-8,11-12H2,1-4H3,(H2,20,21,22). The van der Waals surface area contributed by atoms with Gasteiger partial charge in [-0.05, 0) is 43.6 Å². The van der Waals surface area contributed by atoms with Crippen molar-refractivity contribution in [1.82, 2.24) is 15.5 Å². The monoisotopic (exact) mass is 412 g/mol. The summed E-state index contributed by atoms with van der Waals surface area (Å²) in [7, 11) is 5.08. The number of ether oxygens (including phenoxy) is 2. The van der Waals surface area contributed by atoms with Gasteiger partial charge in [0.1, 0.15) is 0 Å². The molecule has 0 radical (unpaired) electrons. The molecule has 0 spiro atoms. The van der Waals surface area contributed by atoms with Crippen LogP contribution in [0.2, 0.25) is 0 Å². The fourth-order valence-corrected chi connectivity index (χ4v) is 3.65. The molecule has 1 saturated heterocycles. The summed E-state index contributed by atoms with van der Waals surface area (Å²) in [4.78, 5) is 6.84. The molecule has 0 aliphatic carbocycles. The lowest BCUT2D eigenvalue weighted by Gasteiger charge is -2.24. The first-order valence-corrected chi connectivity index (χ1v) is 9.51. The predicted molar refractivity (Wildman–Crippen MR) is 106 cm³/mol. The number of hydrogen-bond acceptors (Lipinski definition) is 4. The number of halogens is 1. The highest BCUT2D eigenvalue weighted by molar-refractivity contribution is 9.10. The third-order valence-electron chi connectivity index (χ3n) is 4.63. The second-order valence-electron chi connectivity index (χ2n) is 6.03. The van der Waals surface area contributed by atoms with Crippen LogP contribution in [0.3, 0.4) is 0 Å². The number of guanidine groups is 1. The van der Waals surface area contributed by atoms with E-state index in [0.717, 1.165) is 34.8 Å². The normalized spacial score (nSPS) is 18.3. The first-order chi connectivity index (χ1) is 12.1. The molecule has 140 valence electrons. The molecule has 1 aliphatic heterocycles. The number of hydrogen-bond donors (Lipinski definition) is 2. The van der Waals surface area contributed by atoms with Gasteiger partial charge in [-0.25, -0.2) is 0 Å². The van der Waals surface area contributed by atoms with Crippen molar-refractivity contribution >= 4 is 21.9 Å². The number of aliphatic imine (C=N–C) groups is 1. The summed E-state index contributed by atoms with van der Waals surface area (Å²) in [6, 6.07) is 4.49. The van der Waals surface area contributed by atoms with Crippen LogP contribution >= 0.6 is 15.9 Å². The summed E-state index contributed by atoms with van der Waals surface area (Å²) in [5.41, 5.74) is 1.08. The molecule has 1 fully saturated rings. The Morgan fingerprint density at radius 3 is 2.64 bits per heavy atom. The van der Waals surface area contributed by atoms with Crippen molar-refractivity contribution in [1.29, 1.82) is 0 Å². The fraction of sp³-hybridized carbons (Fsp3) is 0.611. The molecule has 6 nitrogen and oxygen atoms in total. The predicted octanol–water partition coefficient (Wildman–Crippen LogP) is 2.62. The van der Waals surface area contributed by atoms with Gasteiger partial charge in [-0.1, -0.05) is 22.9 Å². The molecule has 1 aromatic rings. The van der Waals surface area contributed by atoms with Crippen molar-refractivity contribution in [2.75, 3.05) is 40.9 Å². The van der Waals surface area contributed by atoms with Crippen LogP contribution in [0, 0.1) is 0 Å². The van der Waals surface area contributed by atoms with E-state index < -0.39 is 0 Å². The van der Waals surface area contributed by atoms with Gasteiger partial charge < -0.3 is 20.1 Å². The number of nitrogens with zero attached hydrogens (tertiary/aromatic N) is 2. The second-order valence-corrected chi connectivity index (χ2v) is 6.88. The van der Waals surface area contributed by atoms with Crippen molar-refractivity contribution in [3.63, 3.8) is 0 Å². The summed E-state index contributed by atoms with van der Waals surface area (Å²) in [5, 5.41) is 6.81. The van der Waals surface area contributed by atoms with Crippen LogP contribution in [-0.4, -0.2) is 57.8 Å². The topological polar surface area (TPSA) is 58.1 Å². The molecule has 25 heavy (non-hydrogen) atoms. The average Bonchev–Trinajstić information content (AvgIpc) is 3.10. The maximum atomic E-state index is 5.38. The van der Waals surface area contributed by atoms with E-state index in [1.807, 2.05) is 12.1 Å². The zero-order valence-corrected chi connectivity index (χ0v) is 17.1. The fourth-order valence-electron chi connectivity index (χ4n) is 3.19. The molecule has 2 rings (SSSR count). The van der Waals surface area contributed by atoms with Crippen molar-refractivity contribution in [3.8, 4) is 11.5 Å². The summed E-state index contributed by atoms with van der Waals surface area (Å²) in [6.45, 7) is 6.09. The van der Waals surface area contributed by atoms with Gasteiger partial charge in [0.2, 0.25) is 0 Å². The Bertz CT molecular complexity index is 595. The van der Waals surface area contributed by atoms with Crippen LogP contribution < -0.4 is 20.1 Å². The minimum atomic E-state index is 0.594. The van der Waals surface area contributed by atoms with Crippen molar-refractivity contribution < 1.29 is 9.47 Å². The first-order valence-electron chi connectivity index (χ1n) is 8.71. The van der Waals surface area contributed by atoms with Crippen molar-refractivity contribution in [2.24, 2.45) is 4.99 Å². The maximum Gasteiger partial charge on any atom is 0.191 e. The van der Waals surface area contributed by atoms with Crippen LogP contribution in [0.15, 0.2) is 21.6 Å². The molecule has 1 atom stereocenters. The molecule has 0 saturated carbocycles. The van der Waals surface area contributed by atoms with E-state index in [4.69, 9.17) is 9.47 Å². The van der Waals surface area contributed by atoms with Gasteiger partial charge in [0, 0.05) is 30.7 Å². The van der Waals surface area contributed by atoms with Crippen LogP contribution in [0.4, 0.5) is 0 Å². The largest absolute Gasteiger partial charge is 0.493 e. The second kappa shape index (κ2) is 9.87. The van der Waals surface area contributed by atoms with Gasteiger partial charge in [-0.3, -0.25) is 9.89 Å². The quantitative estimate of drug-likeness (QED) is 0.532. The van der Waals surface area contributed by atoms with Crippen LogP contribution in [0.25, 0.3) is 0 Å². The molecule has 0 bridgehead atoms. The molecule has 1 aliphatic rings. The smallest absolute Gasteiger partial charge is 0.191 e. The average molecular weight is 413 g/mol. The molecular weight excluding hydrogens is 384 g/mol. The van der Waals surface area contributed by atoms with Gasteiger partial charge in [0.15, 0.2) is 17.5 Å². The highest BCUT2D eigenvalue weighted by atomic mass is 79.9. The first kappa shape index (κ1) is 19.8. The van der Waals surface area contributed by atoms with Crippen LogP contribution in [0.1, 0.15) is 25.3 Å². The van der Waals surface area contributed by atoms with Crippen molar-refractivity contribution in [2.45, 2.75) is 32.4 Å². The summed E-state index contributed by atoms with van der Waals surface area (Å²) in [6.07, 6.45) is 2.53. The molecule has 1 heterocycles. The molecule has 0 aromatic heterocycles. The maximum absolute atomic E-state index is 5.38. The summed E-state index contributed by atoms with van der Waals surface area (Å²) < 4.78 is 11.7. The van der Waals surface area contributed by atoms with E-state index in [9.17, 15) is 0 Å². The number of methoxy groups -OCH3 is 2. The minimum Gasteiger partial charge on any atom is -0.493 e. The number of nitrogens with one attached hydrogen (secondary N) is 2. The zero-order chi connectivity index (χ0) is 18.2. The molecule has 1 aromatic carbocycles. The Kier molecular flexibility index (Phi) is 7.84. The molecule has 0 amide bonds. The van der Waals surface area contributed by atoms with Crippen LogP contribution in [0.5, 0.6) is 11.5 Å². The van der Waals surface area contributed by atoms with Crippen LogP contribution in [-0.2, 0) is 6.54 Å². The highest BCUT2D eigenvalue weighted by Gasteiger charge is 2.22. The number of benzene rings is 1. The third kappa shape index (κ3) is 5.25. The Hall–Kier alpha value is -1.47. The molecule has 7 heteroatoms. The lowest BCUT2D eigenvalue weighted by Crippen LogP contribution is -2.44. The van der Waals surface area contributed by atoms with E-state index in [0.29, 0.717) is 18.3 Å². The lowest BCUT2D eigenvalue weighted by molar-refractivity contribution is 0.267. The lowest BCUT2D eigenvalue weighted by atomic mass is 10.2. The van der Waals surface area contributed by atoms with Gasteiger partial charge >= 0.3 is 0 Å². The summed E-state index contributed by atoms with van der Waals surface area (Å²) in [5.74, 6) is 2.24. The SMILES string of the molecule is CCN1CCCC1CNC(=NC)NCc1cc(OC)c(OC)cc1Br. The third-order valence-corrected chi connectivity index (χ3v) is 5.37. The van der Waals surface area contributed by atoms with Gasteiger partial charge in [0.05, 0.1) is 14.2 Å². The highest BCUT2D eigenvalue weighted by Crippen LogP contribution is 2.33. The molecule has 1 unspecified atom stereocenters. The zero-order valence-electron chi connectivity index (χ0n) is 15.6. The Balaban J connectivity index is 1.92. The van der Waals surface area contributed by atoms with E-state index in [1.165, 1.54) is 19.4 Å². The Labute approximate surface area is 159 Å². The van der Waals surface area contributed by atoms with E-state index in [1.54, 1.807) is 21.3 Å². The van der Waals surface area contributed by atoms with E-state index in [-0.39, 0.29) is 0 Å².